The minimum atomic E-state index is -3.38. The van der Waals surface area contributed by atoms with Crippen LogP contribution in [0.15, 0.2) is 35.7 Å². The number of amides is 1. The third-order valence-electron chi connectivity index (χ3n) is 4.40. The summed E-state index contributed by atoms with van der Waals surface area (Å²) < 4.78 is 25.5. The highest BCUT2D eigenvalue weighted by Crippen LogP contribution is 2.20. The van der Waals surface area contributed by atoms with Crippen LogP contribution in [-0.2, 0) is 16.6 Å². The van der Waals surface area contributed by atoms with Crippen molar-refractivity contribution in [2.24, 2.45) is 0 Å². The summed E-state index contributed by atoms with van der Waals surface area (Å²) in [4.78, 5) is 18.3. The Morgan fingerprint density at radius 3 is 2.54 bits per heavy atom. The topological polar surface area (TPSA) is 69.7 Å². The van der Waals surface area contributed by atoms with Crippen LogP contribution in [0.25, 0.3) is 0 Å². The molecular weight excluding hydrogens is 370 g/mol. The second-order valence-electron chi connectivity index (χ2n) is 6.55. The molecule has 6 nitrogen and oxygen atoms in total. The molecule has 0 bridgehead atoms. The molecule has 1 aliphatic rings. The molecular formula is C18H23N3O3S2. The normalized spacial score (nSPS) is 15.8. The number of rotatable bonds is 5. The minimum absolute atomic E-state index is 0.0580. The number of aryl methyl sites for hydroxylation is 1. The van der Waals surface area contributed by atoms with Crippen molar-refractivity contribution in [1.29, 1.82) is 0 Å². The molecule has 0 radical (unpaired) electrons. The van der Waals surface area contributed by atoms with Gasteiger partial charge in [0.1, 0.15) is 0 Å². The second kappa shape index (κ2) is 7.77. The maximum Gasteiger partial charge on any atom is 0.254 e. The smallest absolute Gasteiger partial charge is 0.254 e. The molecule has 1 amide bonds. The van der Waals surface area contributed by atoms with Crippen LogP contribution < -0.4 is 4.72 Å². The van der Waals surface area contributed by atoms with Crippen molar-refractivity contribution in [2.45, 2.75) is 13.5 Å². The molecule has 1 aromatic heterocycles. The molecule has 26 heavy (non-hydrogen) atoms. The van der Waals surface area contributed by atoms with Gasteiger partial charge in [-0.25, -0.2) is 8.42 Å². The van der Waals surface area contributed by atoms with E-state index in [1.807, 2.05) is 11.8 Å². The summed E-state index contributed by atoms with van der Waals surface area (Å²) in [6.45, 7) is 5.76. The molecule has 3 rings (SSSR count). The number of hydrogen-bond acceptors (Lipinski definition) is 5. The minimum Gasteiger partial charge on any atom is -0.336 e. The molecule has 1 fully saturated rings. The molecule has 2 heterocycles. The summed E-state index contributed by atoms with van der Waals surface area (Å²) in [7, 11) is -3.38. The number of sulfonamides is 1. The summed E-state index contributed by atoms with van der Waals surface area (Å²) in [6.07, 6.45) is 1.10. The molecule has 0 unspecified atom stereocenters. The average molecular weight is 394 g/mol. The van der Waals surface area contributed by atoms with Crippen molar-refractivity contribution >= 4 is 33.0 Å². The van der Waals surface area contributed by atoms with Gasteiger partial charge in [-0.1, -0.05) is 12.1 Å². The molecule has 1 N–H and O–H groups in total. The van der Waals surface area contributed by atoms with Gasteiger partial charge in [-0.05, 0) is 36.1 Å². The lowest BCUT2D eigenvalue weighted by Gasteiger charge is -2.34. The predicted octanol–water partition coefficient (Wildman–Crippen LogP) is 2.39. The fourth-order valence-corrected chi connectivity index (χ4v) is 4.34. The van der Waals surface area contributed by atoms with Crippen molar-refractivity contribution in [2.75, 3.05) is 37.2 Å². The predicted molar refractivity (Wildman–Crippen MR) is 105 cm³/mol. The largest absolute Gasteiger partial charge is 0.336 e. The molecule has 0 saturated carbocycles. The van der Waals surface area contributed by atoms with E-state index in [9.17, 15) is 13.2 Å². The Morgan fingerprint density at radius 1 is 1.19 bits per heavy atom. The number of carbonyl (C=O) groups excluding carboxylic acids is 1. The third kappa shape index (κ3) is 4.84. The molecule has 2 aromatic rings. The number of piperazine rings is 1. The van der Waals surface area contributed by atoms with Crippen LogP contribution in [-0.4, -0.2) is 56.6 Å². The summed E-state index contributed by atoms with van der Waals surface area (Å²) in [5.74, 6) is -0.0580. The molecule has 1 aliphatic heterocycles. The molecule has 1 saturated heterocycles. The third-order valence-corrected chi connectivity index (χ3v) is 5.85. The lowest BCUT2D eigenvalue weighted by molar-refractivity contribution is 0.0629. The zero-order valence-corrected chi connectivity index (χ0v) is 16.6. The van der Waals surface area contributed by atoms with Gasteiger partial charge >= 0.3 is 0 Å². The van der Waals surface area contributed by atoms with Crippen molar-refractivity contribution in [3.63, 3.8) is 0 Å². The molecule has 140 valence electrons. The molecule has 8 heteroatoms. The summed E-state index contributed by atoms with van der Waals surface area (Å²) in [6, 6.07) is 9.33. The number of nitrogens with zero attached hydrogens (tertiary/aromatic N) is 2. The number of anilines is 1. The number of thiophene rings is 1. The van der Waals surface area contributed by atoms with E-state index in [2.05, 4.69) is 27.1 Å². The first-order valence-corrected chi connectivity index (χ1v) is 11.2. The van der Waals surface area contributed by atoms with Crippen LogP contribution in [0.4, 0.5) is 5.69 Å². The van der Waals surface area contributed by atoms with Crippen LogP contribution in [0.2, 0.25) is 0 Å². The zero-order valence-electron chi connectivity index (χ0n) is 14.9. The van der Waals surface area contributed by atoms with Gasteiger partial charge in [-0.3, -0.25) is 14.4 Å². The van der Waals surface area contributed by atoms with Gasteiger partial charge in [0.2, 0.25) is 10.0 Å². The van der Waals surface area contributed by atoms with Crippen LogP contribution in [0.1, 0.15) is 20.8 Å². The molecule has 0 spiro atoms. The van der Waals surface area contributed by atoms with E-state index in [1.165, 1.54) is 4.88 Å². The first-order chi connectivity index (χ1) is 12.3. The Kier molecular flexibility index (Phi) is 5.64. The number of hydrogen-bond donors (Lipinski definition) is 1. The quantitative estimate of drug-likeness (QED) is 0.847. The average Bonchev–Trinajstić information content (AvgIpc) is 3.09. The first kappa shape index (κ1) is 18.9. The van der Waals surface area contributed by atoms with Crippen molar-refractivity contribution in [3.05, 3.63) is 51.7 Å². The Morgan fingerprint density at radius 2 is 1.92 bits per heavy atom. The van der Waals surface area contributed by atoms with E-state index in [4.69, 9.17) is 0 Å². The number of carbonyl (C=O) groups is 1. The summed E-state index contributed by atoms with van der Waals surface area (Å²) in [5, 5.41) is 2.08. The second-order valence-corrected chi connectivity index (χ2v) is 9.33. The van der Waals surface area contributed by atoms with Gasteiger partial charge in [0.25, 0.3) is 5.91 Å². The standard InChI is InChI=1S/C18H23N3O3S2/c1-14-5-6-15(12-17(14)19-26(2,23)24)18(22)21-9-7-20(8-10-21)13-16-4-3-11-25-16/h3-6,11-12,19H,7-10,13H2,1-2H3. The Hall–Kier alpha value is -1.90. The van der Waals surface area contributed by atoms with Crippen LogP contribution in [0.5, 0.6) is 0 Å². The van der Waals surface area contributed by atoms with Crippen LogP contribution >= 0.6 is 11.3 Å². The fourth-order valence-electron chi connectivity index (χ4n) is 2.98. The Balaban J connectivity index is 1.64. The Labute approximate surface area is 158 Å². The van der Waals surface area contributed by atoms with Crippen molar-refractivity contribution in [3.8, 4) is 0 Å². The lowest BCUT2D eigenvalue weighted by Crippen LogP contribution is -2.48. The van der Waals surface area contributed by atoms with Gasteiger partial charge in [0.15, 0.2) is 0 Å². The molecule has 0 aliphatic carbocycles. The zero-order chi connectivity index (χ0) is 18.7. The summed E-state index contributed by atoms with van der Waals surface area (Å²) in [5.41, 5.74) is 1.75. The maximum absolute atomic E-state index is 12.8. The van der Waals surface area contributed by atoms with Gasteiger partial charge in [-0.2, -0.15) is 0 Å². The van der Waals surface area contributed by atoms with Crippen LogP contribution in [0, 0.1) is 6.92 Å². The molecule has 1 aromatic carbocycles. The van der Waals surface area contributed by atoms with Crippen LogP contribution in [0.3, 0.4) is 0 Å². The van der Waals surface area contributed by atoms with E-state index < -0.39 is 10.0 Å². The number of benzene rings is 1. The Bertz CT molecular complexity index is 871. The maximum atomic E-state index is 12.8. The number of nitrogens with one attached hydrogen (secondary N) is 1. The highest BCUT2D eigenvalue weighted by atomic mass is 32.2. The SMILES string of the molecule is Cc1ccc(C(=O)N2CCN(Cc3cccs3)CC2)cc1NS(C)(=O)=O. The monoisotopic (exact) mass is 393 g/mol. The van der Waals surface area contributed by atoms with Gasteiger partial charge < -0.3 is 4.90 Å². The first-order valence-electron chi connectivity index (χ1n) is 8.44. The lowest BCUT2D eigenvalue weighted by atomic mass is 10.1. The van der Waals surface area contributed by atoms with Crippen molar-refractivity contribution in [1.82, 2.24) is 9.80 Å². The molecule has 0 atom stereocenters. The van der Waals surface area contributed by atoms with E-state index >= 15 is 0 Å². The van der Waals surface area contributed by atoms with Gasteiger partial charge in [0.05, 0.1) is 11.9 Å². The van der Waals surface area contributed by atoms with Crippen molar-refractivity contribution < 1.29 is 13.2 Å². The van der Waals surface area contributed by atoms with E-state index in [0.717, 1.165) is 31.5 Å². The highest BCUT2D eigenvalue weighted by molar-refractivity contribution is 7.92. The summed E-state index contributed by atoms with van der Waals surface area (Å²) >= 11 is 1.75. The fraction of sp³-hybridized carbons (Fsp3) is 0.389. The van der Waals surface area contributed by atoms with E-state index in [-0.39, 0.29) is 5.91 Å². The van der Waals surface area contributed by atoms with E-state index in [0.29, 0.717) is 24.3 Å². The van der Waals surface area contributed by atoms with Gasteiger partial charge in [-0.15, -0.1) is 11.3 Å². The van der Waals surface area contributed by atoms with Gasteiger partial charge in [0, 0.05) is 43.2 Å². The van der Waals surface area contributed by atoms with E-state index in [1.54, 1.807) is 29.5 Å². The highest BCUT2D eigenvalue weighted by Gasteiger charge is 2.23.